The molecule has 34 heavy (non-hydrogen) atoms. The molecule has 0 atom stereocenters. The second-order valence-corrected chi connectivity index (χ2v) is 8.17. The lowest BCUT2D eigenvalue weighted by molar-refractivity contribution is -0.145. The van der Waals surface area contributed by atoms with E-state index in [-0.39, 0.29) is 42.2 Å². The van der Waals surface area contributed by atoms with Crippen LogP contribution in [0.1, 0.15) is 44.4 Å². The Balaban J connectivity index is 1.50. The Bertz CT molecular complexity index is 1100. The van der Waals surface area contributed by atoms with Crippen LogP contribution in [0.5, 0.6) is 5.75 Å². The van der Waals surface area contributed by atoms with Gasteiger partial charge in [0.15, 0.2) is 0 Å². The molecule has 0 aromatic heterocycles. The highest BCUT2D eigenvalue weighted by molar-refractivity contribution is 6.34. The minimum Gasteiger partial charge on any atom is -0.494 e. The maximum absolute atomic E-state index is 13.0. The van der Waals surface area contributed by atoms with Gasteiger partial charge in [0, 0.05) is 31.7 Å². The molecule has 7 nitrogen and oxygen atoms in total. The zero-order valence-electron chi connectivity index (χ0n) is 18.6. The Labute approximate surface area is 194 Å². The van der Waals surface area contributed by atoms with Gasteiger partial charge in [-0.25, -0.2) is 4.90 Å². The molecule has 0 bridgehead atoms. The van der Waals surface area contributed by atoms with E-state index in [1.54, 1.807) is 24.3 Å². The van der Waals surface area contributed by atoms with E-state index in [1.165, 1.54) is 28.0 Å². The first kappa shape index (κ1) is 23.7. The van der Waals surface area contributed by atoms with E-state index in [1.807, 2.05) is 6.92 Å². The van der Waals surface area contributed by atoms with Crippen LogP contribution in [0.25, 0.3) is 0 Å². The van der Waals surface area contributed by atoms with Crippen LogP contribution in [0.3, 0.4) is 0 Å². The van der Waals surface area contributed by atoms with Gasteiger partial charge in [0.05, 0.1) is 30.0 Å². The molecule has 2 aliphatic rings. The number of anilines is 1. The van der Waals surface area contributed by atoms with Crippen LogP contribution in [0.4, 0.5) is 18.9 Å². The van der Waals surface area contributed by atoms with Gasteiger partial charge in [0.2, 0.25) is 0 Å². The molecule has 2 heterocycles. The number of carbonyl (C=O) groups excluding carboxylic acids is 3. The minimum absolute atomic E-state index is 0.110. The molecule has 2 aliphatic heterocycles. The highest BCUT2D eigenvalue weighted by Gasteiger charge is 2.38. The van der Waals surface area contributed by atoms with Crippen molar-refractivity contribution in [2.75, 3.05) is 44.2 Å². The molecule has 0 saturated carbocycles. The summed E-state index contributed by atoms with van der Waals surface area (Å²) in [6.07, 6.45) is -3.88. The Morgan fingerprint density at radius 3 is 2.32 bits per heavy atom. The first-order valence-corrected chi connectivity index (χ1v) is 11.0. The number of imide groups is 1. The van der Waals surface area contributed by atoms with E-state index in [2.05, 4.69) is 0 Å². The van der Waals surface area contributed by atoms with Crippen LogP contribution in [0.2, 0.25) is 0 Å². The average molecular weight is 475 g/mol. The molecule has 1 saturated heterocycles. The average Bonchev–Trinajstić information content (AvgIpc) is 2.93. The van der Waals surface area contributed by atoms with Crippen molar-refractivity contribution in [3.8, 4) is 5.75 Å². The third-order valence-corrected chi connectivity index (χ3v) is 5.82. The Morgan fingerprint density at radius 1 is 0.941 bits per heavy atom. The van der Waals surface area contributed by atoms with Gasteiger partial charge in [-0.1, -0.05) is 0 Å². The lowest BCUT2D eigenvalue weighted by atomic mass is 10.0. The second kappa shape index (κ2) is 9.46. The summed E-state index contributed by atoms with van der Waals surface area (Å²) < 4.78 is 43.5. The number of amides is 3. The van der Waals surface area contributed by atoms with Crippen LogP contribution >= 0.6 is 0 Å². The Morgan fingerprint density at radius 2 is 1.65 bits per heavy atom. The van der Waals surface area contributed by atoms with Gasteiger partial charge in [-0.3, -0.25) is 19.3 Å². The van der Waals surface area contributed by atoms with Gasteiger partial charge in [-0.2, -0.15) is 13.2 Å². The van der Waals surface area contributed by atoms with Crippen LogP contribution in [-0.2, 0) is 0 Å². The first-order valence-electron chi connectivity index (χ1n) is 11.0. The van der Waals surface area contributed by atoms with E-state index in [4.69, 9.17) is 4.74 Å². The van der Waals surface area contributed by atoms with Crippen LogP contribution in [0.15, 0.2) is 42.5 Å². The van der Waals surface area contributed by atoms with Crippen LogP contribution in [-0.4, -0.2) is 73.0 Å². The largest absolute Gasteiger partial charge is 0.494 e. The predicted octanol–water partition coefficient (Wildman–Crippen LogP) is 3.60. The van der Waals surface area contributed by atoms with Gasteiger partial charge in [0.1, 0.15) is 5.75 Å². The van der Waals surface area contributed by atoms with Crippen molar-refractivity contribution in [1.82, 2.24) is 9.80 Å². The van der Waals surface area contributed by atoms with Crippen LogP contribution in [0, 0.1) is 0 Å². The summed E-state index contributed by atoms with van der Waals surface area (Å²) in [6, 6.07) is 10.9. The molecule has 2 aromatic rings. The van der Waals surface area contributed by atoms with E-state index < -0.39 is 24.5 Å². The number of hydrogen-bond donors (Lipinski definition) is 0. The third-order valence-electron chi connectivity index (χ3n) is 5.82. The number of rotatable bonds is 5. The summed E-state index contributed by atoms with van der Waals surface area (Å²) in [5, 5.41) is 0. The number of alkyl halides is 3. The van der Waals surface area contributed by atoms with E-state index >= 15 is 0 Å². The Kier molecular flexibility index (Phi) is 6.60. The highest BCUT2D eigenvalue weighted by Crippen LogP contribution is 2.30. The van der Waals surface area contributed by atoms with Crippen molar-refractivity contribution in [2.45, 2.75) is 19.5 Å². The highest BCUT2D eigenvalue weighted by atomic mass is 19.4. The van der Waals surface area contributed by atoms with Crippen molar-refractivity contribution in [3.05, 3.63) is 59.2 Å². The predicted molar refractivity (Wildman–Crippen MR) is 118 cm³/mol. The number of hydrogen-bond acceptors (Lipinski definition) is 5. The normalized spacial score (nSPS) is 17.1. The second-order valence-electron chi connectivity index (χ2n) is 8.17. The fraction of sp³-hybridized carbons (Fsp3) is 0.375. The quantitative estimate of drug-likeness (QED) is 0.619. The minimum atomic E-state index is -4.29. The maximum Gasteiger partial charge on any atom is 0.401 e. The molecule has 1 fully saturated rings. The van der Waals surface area contributed by atoms with Gasteiger partial charge in [-0.15, -0.1) is 0 Å². The topological polar surface area (TPSA) is 70.2 Å². The fourth-order valence-electron chi connectivity index (χ4n) is 4.23. The maximum atomic E-state index is 13.0. The van der Waals surface area contributed by atoms with E-state index in [0.29, 0.717) is 31.0 Å². The molecule has 0 radical (unpaired) electrons. The van der Waals surface area contributed by atoms with Crippen molar-refractivity contribution < 1.29 is 32.3 Å². The molecule has 180 valence electrons. The molecule has 10 heteroatoms. The zero-order chi connectivity index (χ0) is 24.5. The van der Waals surface area contributed by atoms with Crippen molar-refractivity contribution in [1.29, 1.82) is 0 Å². The van der Waals surface area contributed by atoms with Crippen LogP contribution < -0.4 is 9.64 Å². The van der Waals surface area contributed by atoms with Crippen molar-refractivity contribution >= 4 is 23.4 Å². The van der Waals surface area contributed by atoms with Gasteiger partial charge >= 0.3 is 6.18 Å². The first-order chi connectivity index (χ1) is 16.2. The summed E-state index contributed by atoms with van der Waals surface area (Å²) >= 11 is 0. The van der Waals surface area contributed by atoms with E-state index in [9.17, 15) is 27.6 Å². The summed E-state index contributed by atoms with van der Waals surface area (Å²) in [5.74, 6) is -0.787. The van der Waals surface area contributed by atoms with Gasteiger partial charge in [-0.05, 0) is 55.8 Å². The lowest BCUT2D eigenvalue weighted by Crippen LogP contribution is -2.38. The number of ether oxygens (including phenoxy) is 1. The SMILES string of the molecule is CCOc1ccc(N2C(=O)c3ccc(C(=O)N4CCCN(CC(F)(F)F)CC4)cc3C2=O)cc1. The molecular formula is C24H24F3N3O4. The molecule has 0 spiro atoms. The number of halogens is 3. The molecule has 4 rings (SSSR count). The summed E-state index contributed by atoms with van der Waals surface area (Å²) in [4.78, 5) is 42.8. The number of nitrogens with zero attached hydrogens (tertiary/aromatic N) is 3. The summed E-state index contributed by atoms with van der Waals surface area (Å²) in [7, 11) is 0. The molecule has 0 unspecified atom stereocenters. The molecule has 3 amide bonds. The third kappa shape index (κ3) is 4.91. The van der Waals surface area contributed by atoms with Gasteiger partial charge in [0.25, 0.3) is 17.7 Å². The molecule has 2 aromatic carbocycles. The monoisotopic (exact) mass is 475 g/mol. The standard InChI is InChI=1S/C24H24F3N3O4/c1-2-34-18-7-5-17(6-8-18)30-22(32)19-9-4-16(14-20(19)23(30)33)21(31)29-11-3-10-28(12-13-29)15-24(25,26)27/h4-9,14H,2-3,10-13,15H2,1H3. The molecule has 0 N–H and O–H groups in total. The number of fused-ring (bicyclic) bond motifs is 1. The fourth-order valence-corrected chi connectivity index (χ4v) is 4.23. The number of benzene rings is 2. The number of carbonyl (C=O) groups is 3. The summed E-state index contributed by atoms with van der Waals surface area (Å²) in [5.41, 5.74) is 0.929. The summed E-state index contributed by atoms with van der Waals surface area (Å²) in [6.45, 7) is 2.15. The van der Waals surface area contributed by atoms with Crippen molar-refractivity contribution in [3.63, 3.8) is 0 Å². The molecule has 0 aliphatic carbocycles. The van der Waals surface area contributed by atoms with Crippen molar-refractivity contribution in [2.24, 2.45) is 0 Å². The molecular weight excluding hydrogens is 451 g/mol. The van der Waals surface area contributed by atoms with E-state index in [0.717, 1.165) is 4.90 Å². The lowest BCUT2D eigenvalue weighted by Gasteiger charge is -2.23. The zero-order valence-corrected chi connectivity index (χ0v) is 18.6. The van der Waals surface area contributed by atoms with Gasteiger partial charge < -0.3 is 9.64 Å². The Hall–Kier alpha value is -3.40. The smallest absolute Gasteiger partial charge is 0.401 e.